The zero-order valence-electron chi connectivity index (χ0n) is 9.74. The Bertz CT molecular complexity index is 507. The van der Waals surface area contributed by atoms with Crippen LogP contribution in [0.15, 0.2) is 18.2 Å². The van der Waals surface area contributed by atoms with Gasteiger partial charge < -0.3 is 10.2 Å². The van der Waals surface area contributed by atoms with Crippen molar-refractivity contribution in [3.8, 4) is 0 Å². The van der Waals surface area contributed by atoms with Gasteiger partial charge in [0, 0.05) is 11.6 Å². The molecule has 1 saturated heterocycles. The van der Waals surface area contributed by atoms with Crippen LogP contribution < -0.4 is 5.32 Å². The van der Waals surface area contributed by atoms with Crippen molar-refractivity contribution in [1.82, 2.24) is 10.2 Å². The van der Waals surface area contributed by atoms with E-state index in [1.807, 2.05) is 0 Å². The second-order valence-corrected chi connectivity index (χ2v) is 4.63. The van der Waals surface area contributed by atoms with Gasteiger partial charge in [0.15, 0.2) is 0 Å². The van der Waals surface area contributed by atoms with Crippen LogP contribution in [-0.4, -0.2) is 29.3 Å². The highest BCUT2D eigenvalue weighted by atomic mass is 35.5. The summed E-state index contributed by atoms with van der Waals surface area (Å²) in [6.07, 6.45) is 0. The Hall–Kier alpha value is -1.62. The van der Waals surface area contributed by atoms with Gasteiger partial charge in [-0.05, 0) is 30.7 Å². The predicted octanol–water partition coefficient (Wildman–Crippen LogP) is 1.33. The van der Waals surface area contributed by atoms with Gasteiger partial charge in [0.2, 0.25) is 11.8 Å². The lowest BCUT2D eigenvalue weighted by Gasteiger charge is -2.31. The van der Waals surface area contributed by atoms with Crippen LogP contribution in [0, 0.1) is 5.82 Å². The molecule has 1 aromatic rings. The van der Waals surface area contributed by atoms with Crippen LogP contribution in [0.1, 0.15) is 12.5 Å². The van der Waals surface area contributed by atoms with Gasteiger partial charge in [-0.25, -0.2) is 4.39 Å². The highest BCUT2D eigenvalue weighted by molar-refractivity contribution is 6.31. The molecule has 2 amide bonds. The fourth-order valence-electron chi connectivity index (χ4n) is 1.88. The molecular weight excluding hydrogens is 259 g/mol. The summed E-state index contributed by atoms with van der Waals surface area (Å²) >= 11 is 5.93. The highest BCUT2D eigenvalue weighted by Gasteiger charge is 2.29. The van der Waals surface area contributed by atoms with Crippen LogP contribution in [0.4, 0.5) is 4.39 Å². The first-order valence-corrected chi connectivity index (χ1v) is 5.87. The lowest BCUT2D eigenvalue weighted by molar-refractivity contribution is -0.144. The molecule has 2 rings (SSSR count). The maximum absolute atomic E-state index is 13.1. The van der Waals surface area contributed by atoms with Gasteiger partial charge in [0.05, 0.1) is 6.54 Å². The van der Waals surface area contributed by atoms with E-state index in [0.29, 0.717) is 10.6 Å². The van der Waals surface area contributed by atoms with Crippen LogP contribution in [-0.2, 0) is 16.1 Å². The first-order valence-electron chi connectivity index (χ1n) is 5.49. The second kappa shape index (κ2) is 4.94. The number of hydrogen-bond acceptors (Lipinski definition) is 2. The first kappa shape index (κ1) is 12.8. The number of nitrogens with zero attached hydrogens (tertiary/aromatic N) is 1. The van der Waals surface area contributed by atoms with Gasteiger partial charge in [0.1, 0.15) is 11.9 Å². The van der Waals surface area contributed by atoms with Crippen LogP contribution >= 0.6 is 11.6 Å². The fourth-order valence-corrected chi connectivity index (χ4v) is 2.06. The van der Waals surface area contributed by atoms with Crippen LogP contribution in [0.2, 0.25) is 5.02 Å². The summed E-state index contributed by atoms with van der Waals surface area (Å²) in [5.41, 5.74) is 0.493. The first-order chi connectivity index (χ1) is 8.47. The van der Waals surface area contributed by atoms with Crippen molar-refractivity contribution in [3.63, 3.8) is 0 Å². The molecule has 18 heavy (non-hydrogen) atoms. The molecule has 1 atom stereocenters. The van der Waals surface area contributed by atoms with E-state index in [9.17, 15) is 14.0 Å². The third-order valence-corrected chi connectivity index (χ3v) is 3.13. The maximum atomic E-state index is 13.1. The zero-order valence-corrected chi connectivity index (χ0v) is 10.5. The normalized spacial score (nSPS) is 19.9. The van der Waals surface area contributed by atoms with Gasteiger partial charge >= 0.3 is 0 Å². The summed E-state index contributed by atoms with van der Waals surface area (Å²) in [4.78, 5) is 24.6. The monoisotopic (exact) mass is 270 g/mol. The largest absolute Gasteiger partial charge is 0.343 e. The Balaban J connectivity index is 2.19. The van der Waals surface area contributed by atoms with Crippen LogP contribution in [0.5, 0.6) is 0 Å². The number of piperazine rings is 1. The summed E-state index contributed by atoms with van der Waals surface area (Å²) in [5.74, 6) is -0.846. The molecule has 1 N–H and O–H groups in total. The van der Waals surface area contributed by atoms with Crippen molar-refractivity contribution in [1.29, 1.82) is 0 Å². The minimum absolute atomic E-state index is 0.0317. The number of hydrogen-bond donors (Lipinski definition) is 1. The van der Waals surface area contributed by atoms with E-state index in [-0.39, 0.29) is 24.9 Å². The number of amides is 2. The SMILES string of the molecule is CC1NC(=O)CN(Cc2cc(F)ccc2Cl)C1=O. The quantitative estimate of drug-likeness (QED) is 0.881. The number of rotatable bonds is 2. The topological polar surface area (TPSA) is 49.4 Å². The van der Waals surface area contributed by atoms with Gasteiger partial charge in [-0.15, -0.1) is 0 Å². The molecular formula is C12H12ClFN2O2. The average molecular weight is 271 g/mol. The van der Waals surface area contributed by atoms with Crippen molar-refractivity contribution in [2.45, 2.75) is 19.5 Å². The van der Waals surface area contributed by atoms with Gasteiger partial charge in [-0.1, -0.05) is 11.6 Å². The molecule has 1 fully saturated rings. The molecule has 1 aliphatic rings. The molecule has 0 bridgehead atoms. The molecule has 0 spiro atoms. The van der Waals surface area contributed by atoms with Gasteiger partial charge in [0.25, 0.3) is 0 Å². The Morgan fingerprint density at radius 2 is 2.22 bits per heavy atom. The van der Waals surface area contributed by atoms with E-state index in [1.165, 1.54) is 23.1 Å². The van der Waals surface area contributed by atoms with Crippen LogP contribution in [0.3, 0.4) is 0 Å². The Morgan fingerprint density at radius 1 is 1.50 bits per heavy atom. The van der Waals surface area contributed by atoms with E-state index in [0.717, 1.165) is 0 Å². The summed E-state index contributed by atoms with van der Waals surface area (Å²) in [6.45, 7) is 1.71. The Morgan fingerprint density at radius 3 is 2.94 bits per heavy atom. The smallest absolute Gasteiger partial charge is 0.245 e. The summed E-state index contributed by atoms with van der Waals surface area (Å²) in [7, 11) is 0. The standard InChI is InChI=1S/C12H12ClFN2O2/c1-7-12(18)16(6-11(17)15-7)5-8-4-9(14)2-3-10(8)13/h2-4,7H,5-6H2,1H3,(H,15,17). The number of carbonyl (C=O) groups excluding carboxylic acids is 2. The van der Waals surface area contributed by atoms with Crippen molar-refractivity contribution in [2.75, 3.05) is 6.54 Å². The molecule has 0 aromatic heterocycles. The van der Waals surface area contributed by atoms with Crippen molar-refractivity contribution >= 4 is 23.4 Å². The van der Waals surface area contributed by atoms with E-state index < -0.39 is 11.9 Å². The lowest BCUT2D eigenvalue weighted by Crippen LogP contribution is -2.56. The second-order valence-electron chi connectivity index (χ2n) is 4.22. The van der Waals surface area contributed by atoms with Gasteiger partial charge in [-0.2, -0.15) is 0 Å². The fraction of sp³-hybridized carbons (Fsp3) is 0.333. The number of benzene rings is 1. The molecule has 1 unspecified atom stereocenters. The van der Waals surface area contributed by atoms with Crippen molar-refractivity contribution < 1.29 is 14.0 Å². The van der Waals surface area contributed by atoms with E-state index in [4.69, 9.17) is 11.6 Å². The van der Waals surface area contributed by atoms with Crippen molar-refractivity contribution in [3.05, 3.63) is 34.6 Å². The van der Waals surface area contributed by atoms with E-state index in [1.54, 1.807) is 6.92 Å². The summed E-state index contributed by atoms with van der Waals surface area (Å²) in [5, 5.41) is 2.91. The number of nitrogens with one attached hydrogen (secondary N) is 1. The van der Waals surface area contributed by atoms with E-state index >= 15 is 0 Å². The molecule has 1 aromatic carbocycles. The summed E-state index contributed by atoms with van der Waals surface area (Å²) < 4.78 is 13.1. The van der Waals surface area contributed by atoms with Gasteiger partial charge in [-0.3, -0.25) is 9.59 Å². The van der Waals surface area contributed by atoms with Crippen LogP contribution in [0.25, 0.3) is 0 Å². The number of carbonyl (C=O) groups is 2. The molecule has 0 aliphatic carbocycles. The Kier molecular flexibility index (Phi) is 3.52. The molecule has 96 valence electrons. The summed E-state index contributed by atoms with van der Waals surface area (Å²) in [6, 6.07) is 3.40. The third kappa shape index (κ3) is 2.61. The molecule has 4 nitrogen and oxygen atoms in total. The zero-order chi connectivity index (χ0) is 13.3. The van der Waals surface area contributed by atoms with E-state index in [2.05, 4.69) is 5.32 Å². The average Bonchev–Trinajstić information content (AvgIpc) is 2.30. The Labute approximate surface area is 109 Å². The predicted molar refractivity (Wildman–Crippen MR) is 64.4 cm³/mol. The molecule has 6 heteroatoms. The minimum atomic E-state index is -0.557. The molecule has 1 aliphatic heterocycles. The third-order valence-electron chi connectivity index (χ3n) is 2.76. The molecule has 0 radical (unpaired) electrons. The lowest BCUT2D eigenvalue weighted by atomic mass is 10.1. The maximum Gasteiger partial charge on any atom is 0.245 e. The van der Waals surface area contributed by atoms with Crippen molar-refractivity contribution in [2.24, 2.45) is 0 Å². The molecule has 0 saturated carbocycles. The number of halogens is 2. The minimum Gasteiger partial charge on any atom is -0.343 e. The molecule has 1 heterocycles. The highest BCUT2D eigenvalue weighted by Crippen LogP contribution is 2.20.